The van der Waals surface area contributed by atoms with Crippen molar-refractivity contribution >= 4 is 44.7 Å². The number of sulfonamides is 1. The second kappa shape index (κ2) is 6.62. The highest BCUT2D eigenvalue weighted by Crippen LogP contribution is 2.31. The van der Waals surface area contributed by atoms with Crippen LogP contribution in [0.3, 0.4) is 0 Å². The molecule has 0 saturated heterocycles. The van der Waals surface area contributed by atoms with Crippen molar-refractivity contribution in [2.24, 2.45) is 0 Å². The van der Waals surface area contributed by atoms with Gasteiger partial charge in [0.25, 0.3) is 21.0 Å². The summed E-state index contributed by atoms with van der Waals surface area (Å²) in [5.74, 6) is -0.0417. The van der Waals surface area contributed by atoms with Crippen LogP contribution in [0, 0.1) is 0 Å². The normalized spacial score (nSPS) is 11.7. The van der Waals surface area contributed by atoms with E-state index in [9.17, 15) is 12.8 Å². The van der Waals surface area contributed by atoms with Gasteiger partial charge in [0, 0.05) is 6.07 Å². The molecule has 0 spiro atoms. The molecule has 3 rings (SSSR count). The van der Waals surface area contributed by atoms with Crippen molar-refractivity contribution in [3.8, 4) is 5.88 Å². The monoisotopic (exact) mass is 405 g/mol. The van der Waals surface area contributed by atoms with Gasteiger partial charge >= 0.3 is 0 Å². The minimum atomic E-state index is -4.22. The zero-order chi connectivity index (χ0) is 18.2. The fraction of sp³-hybridized carbons (Fsp3) is 0.154. The lowest BCUT2D eigenvalue weighted by Crippen LogP contribution is -2.15. The molecule has 1 N–H and O–H groups in total. The van der Waals surface area contributed by atoms with Gasteiger partial charge in [0.05, 0.1) is 28.5 Å². The van der Waals surface area contributed by atoms with Gasteiger partial charge in [0.2, 0.25) is 5.88 Å². The summed E-state index contributed by atoms with van der Waals surface area (Å²) >= 11 is 11.9. The Hall–Kier alpha value is -2.17. The van der Waals surface area contributed by atoms with Gasteiger partial charge in [-0.05, 0) is 12.1 Å². The van der Waals surface area contributed by atoms with E-state index < -0.39 is 21.9 Å². The molecular weight excluding hydrogens is 396 g/mol. The number of methoxy groups -OCH3 is 1. The Kier molecular flexibility index (Phi) is 4.67. The first-order valence-electron chi connectivity index (χ1n) is 6.69. The van der Waals surface area contributed by atoms with Crippen LogP contribution in [0.1, 0.15) is 5.69 Å². The number of para-hydroxylation sites is 1. The highest BCUT2D eigenvalue weighted by Gasteiger charge is 2.24. The number of ether oxygens (including phenoxy) is 1. The van der Waals surface area contributed by atoms with Crippen LogP contribution in [0.2, 0.25) is 10.0 Å². The van der Waals surface area contributed by atoms with Crippen LogP contribution in [0.5, 0.6) is 5.88 Å². The number of hydrogen-bond acceptors (Lipinski definition) is 6. The molecule has 0 bridgehead atoms. The standard InChI is InChI=1S/C13H10Cl2FN5O3S/c1-24-10-5-7(6-16)17-12-18-13(19-21(10)12)25(22,23)20-11-8(14)3-2-4-9(11)15/h2-5,20H,6H2,1H3. The van der Waals surface area contributed by atoms with E-state index in [0.717, 1.165) is 4.52 Å². The van der Waals surface area contributed by atoms with Gasteiger partial charge < -0.3 is 4.74 Å². The van der Waals surface area contributed by atoms with Crippen molar-refractivity contribution in [3.63, 3.8) is 0 Å². The van der Waals surface area contributed by atoms with Crippen molar-refractivity contribution in [3.05, 3.63) is 40.0 Å². The Morgan fingerprint density at radius 1 is 1.28 bits per heavy atom. The SMILES string of the molecule is COc1cc(CF)nc2nc(S(=O)(=O)Nc3c(Cl)cccc3Cl)nn12. The third-order valence-corrected chi connectivity index (χ3v) is 4.86. The predicted octanol–water partition coefficient (Wildman–Crippen LogP) is 2.71. The second-order valence-electron chi connectivity index (χ2n) is 4.73. The first-order valence-corrected chi connectivity index (χ1v) is 8.93. The van der Waals surface area contributed by atoms with Gasteiger partial charge in [-0.15, -0.1) is 5.10 Å². The van der Waals surface area contributed by atoms with E-state index in [2.05, 4.69) is 19.8 Å². The summed E-state index contributed by atoms with van der Waals surface area (Å²) in [6.07, 6.45) is 0. The lowest BCUT2D eigenvalue weighted by Gasteiger charge is -2.08. The smallest absolute Gasteiger partial charge is 0.299 e. The number of halogens is 3. The summed E-state index contributed by atoms with van der Waals surface area (Å²) in [4.78, 5) is 7.68. The minimum absolute atomic E-state index is 0.00550. The zero-order valence-corrected chi connectivity index (χ0v) is 14.9. The number of fused-ring (bicyclic) bond motifs is 1. The van der Waals surface area contributed by atoms with Gasteiger partial charge in [0.15, 0.2) is 0 Å². The van der Waals surface area contributed by atoms with Crippen LogP contribution in [0.4, 0.5) is 10.1 Å². The molecule has 2 aromatic heterocycles. The molecule has 0 atom stereocenters. The number of anilines is 1. The number of rotatable bonds is 5. The number of nitrogens with one attached hydrogen (secondary N) is 1. The molecule has 0 fully saturated rings. The van der Waals surface area contributed by atoms with E-state index in [1.807, 2.05) is 0 Å². The van der Waals surface area contributed by atoms with E-state index in [0.29, 0.717) is 0 Å². The lowest BCUT2D eigenvalue weighted by molar-refractivity contribution is 0.380. The maximum absolute atomic E-state index is 12.9. The van der Waals surface area contributed by atoms with Gasteiger partial charge in [-0.3, -0.25) is 4.72 Å². The quantitative estimate of drug-likeness (QED) is 0.700. The summed E-state index contributed by atoms with van der Waals surface area (Å²) in [6.45, 7) is -0.866. The fourth-order valence-corrected chi connectivity index (χ4v) is 3.55. The van der Waals surface area contributed by atoms with Gasteiger partial charge in [0.1, 0.15) is 6.67 Å². The van der Waals surface area contributed by atoms with Crippen molar-refractivity contribution in [1.29, 1.82) is 0 Å². The van der Waals surface area contributed by atoms with Crippen LogP contribution in [0.25, 0.3) is 5.78 Å². The summed E-state index contributed by atoms with van der Waals surface area (Å²) in [7, 11) is -2.89. The molecule has 0 unspecified atom stereocenters. The summed E-state index contributed by atoms with van der Waals surface area (Å²) in [5, 5.41) is 3.47. The van der Waals surface area contributed by atoms with E-state index in [-0.39, 0.29) is 33.1 Å². The summed E-state index contributed by atoms with van der Waals surface area (Å²) in [5.41, 5.74) is 0.0249. The van der Waals surface area contributed by atoms with Crippen LogP contribution in [-0.2, 0) is 16.7 Å². The van der Waals surface area contributed by atoms with Crippen LogP contribution < -0.4 is 9.46 Å². The minimum Gasteiger partial charge on any atom is -0.481 e. The molecule has 8 nitrogen and oxygen atoms in total. The molecule has 0 amide bonds. The maximum Gasteiger partial charge on any atom is 0.299 e. The molecule has 0 aliphatic rings. The molecule has 132 valence electrons. The van der Waals surface area contributed by atoms with Gasteiger partial charge in [-0.2, -0.15) is 17.9 Å². The largest absolute Gasteiger partial charge is 0.481 e. The van der Waals surface area contributed by atoms with Crippen molar-refractivity contribution in [1.82, 2.24) is 19.6 Å². The number of benzene rings is 1. The molecule has 3 aromatic rings. The average Bonchev–Trinajstić information content (AvgIpc) is 3.02. The van der Waals surface area contributed by atoms with Crippen LogP contribution in [0.15, 0.2) is 29.4 Å². The topological polar surface area (TPSA) is 98.5 Å². The Morgan fingerprint density at radius 3 is 2.56 bits per heavy atom. The molecule has 0 aliphatic heterocycles. The zero-order valence-electron chi connectivity index (χ0n) is 12.6. The Bertz CT molecular complexity index is 1040. The number of hydrogen-bond donors (Lipinski definition) is 1. The number of aromatic nitrogens is 4. The molecule has 1 aromatic carbocycles. The Balaban J connectivity index is 2.09. The molecular formula is C13H10Cl2FN5O3S. The van der Waals surface area contributed by atoms with Gasteiger partial charge in [-0.1, -0.05) is 29.3 Å². The van der Waals surface area contributed by atoms with Crippen molar-refractivity contribution < 1.29 is 17.5 Å². The third kappa shape index (κ3) is 3.32. The van der Waals surface area contributed by atoms with Crippen molar-refractivity contribution in [2.75, 3.05) is 11.8 Å². The molecule has 0 radical (unpaired) electrons. The average molecular weight is 406 g/mol. The fourth-order valence-electron chi connectivity index (χ4n) is 1.97. The van der Waals surface area contributed by atoms with Crippen LogP contribution in [-0.4, -0.2) is 35.1 Å². The molecule has 0 saturated carbocycles. The van der Waals surface area contributed by atoms with Crippen LogP contribution >= 0.6 is 23.2 Å². The van der Waals surface area contributed by atoms with Gasteiger partial charge in [-0.25, -0.2) is 9.37 Å². The van der Waals surface area contributed by atoms with E-state index >= 15 is 0 Å². The predicted molar refractivity (Wildman–Crippen MR) is 89.4 cm³/mol. The summed E-state index contributed by atoms with van der Waals surface area (Å²) in [6, 6.07) is 5.80. The number of nitrogens with zero attached hydrogens (tertiary/aromatic N) is 4. The molecule has 0 aliphatic carbocycles. The highest BCUT2D eigenvalue weighted by molar-refractivity contribution is 7.92. The molecule has 2 heterocycles. The molecule has 25 heavy (non-hydrogen) atoms. The highest BCUT2D eigenvalue weighted by atomic mass is 35.5. The Morgan fingerprint density at radius 2 is 1.96 bits per heavy atom. The lowest BCUT2D eigenvalue weighted by atomic mass is 10.3. The third-order valence-electron chi connectivity index (χ3n) is 3.10. The van der Waals surface area contributed by atoms with E-state index in [1.165, 1.54) is 25.3 Å². The maximum atomic E-state index is 12.9. The first kappa shape index (κ1) is 17.6. The summed E-state index contributed by atoms with van der Waals surface area (Å²) < 4.78 is 46.2. The molecule has 12 heteroatoms. The second-order valence-corrected chi connectivity index (χ2v) is 7.12. The van der Waals surface area contributed by atoms with E-state index in [1.54, 1.807) is 6.07 Å². The first-order chi connectivity index (χ1) is 11.9. The van der Waals surface area contributed by atoms with E-state index in [4.69, 9.17) is 27.9 Å². The Labute approximate surface area is 151 Å². The number of alkyl halides is 1. The van der Waals surface area contributed by atoms with Crippen molar-refractivity contribution in [2.45, 2.75) is 11.8 Å².